The highest BCUT2D eigenvalue weighted by Gasteiger charge is 2.41. The van der Waals surface area contributed by atoms with E-state index in [1.165, 1.54) is 9.80 Å². The molecule has 22 heavy (non-hydrogen) atoms. The minimum atomic E-state index is -1.37. The number of nitrogens with zero attached hydrogens (tertiary/aromatic N) is 5. The van der Waals surface area contributed by atoms with Crippen LogP contribution in [-0.2, 0) is 9.59 Å². The maximum atomic E-state index is 12.7. The van der Waals surface area contributed by atoms with Crippen LogP contribution in [0.2, 0.25) is 0 Å². The van der Waals surface area contributed by atoms with Gasteiger partial charge in [0.05, 0.1) is 11.4 Å². The van der Waals surface area contributed by atoms with E-state index in [1.54, 1.807) is 12.1 Å². The molecule has 7 nitrogen and oxygen atoms in total. The van der Waals surface area contributed by atoms with Crippen LogP contribution in [0.25, 0.3) is 10.4 Å². The second kappa shape index (κ2) is 6.07. The van der Waals surface area contributed by atoms with Gasteiger partial charge >= 0.3 is 0 Å². The van der Waals surface area contributed by atoms with Crippen LogP contribution in [0.1, 0.15) is 27.7 Å². The van der Waals surface area contributed by atoms with Gasteiger partial charge in [0.1, 0.15) is 0 Å². The highest BCUT2D eigenvalue weighted by molar-refractivity contribution is 6.20. The van der Waals surface area contributed by atoms with Gasteiger partial charge < -0.3 is 9.80 Å². The molecule has 2 amide bonds. The van der Waals surface area contributed by atoms with Crippen LogP contribution in [0.5, 0.6) is 0 Å². The summed E-state index contributed by atoms with van der Waals surface area (Å²) in [7, 11) is 0. The van der Waals surface area contributed by atoms with Gasteiger partial charge in [-0.3, -0.25) is 9.59 Å². The molecule has 0 N–H and O–H groups in total. The van der Waals surface area contributed by atoms with Crippen molar-refractivity contribution >= 4 is 23.2 Å². The Labute approximate surface area is 129 Å². The summed E-state index contributed by atoms with van der Waals surface area (Å²) in [5.74, 6) is -0.984. The van der Waals surface area contributed by atoms with E-state index in [-0.39, 0.29) is 12.1 Å². The zero-order valence-corrected chi connectivity index (χ0v) is 13.1. The van der Waals surface area contributed by atoms with Crippen LogP contribution >= 0.6 is 0 Å². The maximum Gasteiger partial charge on any atom is 0.245 e. The third-order valence-corrected chi connectivity index (χ3v) is 3.54. The molecule has 0 unspecified atom stereocenters. The van der Waals surface area contributed by atoms with Crippen molar-refractivity contribution < 1.29 is 9.59 Å². The summed E-state index contributed by atoms with van der Waals surface area (Å²) < 4.78 is 0. The highest BCUT2D eigenvalue weighted by atomic mass is 16.2. The number of hydrogen-bond acceptors (Lipinski definition) is 3. The van der Waals surface area contributed by atoms with Gasteiger partial charge in [-0.25, -0.2) is 0 Å². The molecule has 0 aromatic heterocycles. The van der Waals surface area contributed by atoms with Crippen LogP contribution in [0.3, 0.4) is 0 Å². The first-order chi connectivity index (χ1) is 10.4. The Balaban J connectivity index is 2.74. The smallest absolute Gasteiger partial charge is 0.245 e. The summed E-state index contributed by atoms with van der Waals surface area (Å²) in [4.78, 5) is 31.2. The van der Waals surface area contributed by atoms with Crippen LogP contribution in [0.4, 0.5) is 11.4 Å². The topological polar surface area (TPSA) is 89.4 Å². The van der Waals surface area contributed by atoms with E-state index in [0.717, 1.165) is 0 Å². The van der Waals surface area contributed by atoms with E-state index in [2.05, 4.69) is 10.0 Å². The lowest BCUT2D eigenvalue weighted by Gasteiger charge is -2.29. The van der Waals surface area contributed by atoms with Gasteiger partial charge in [-0.2, -0.15) is 0 Å². The lowest BCUT2D eigenvalue weighted by Crippen LogP contribution is -2.48. The average molecular weight is 301 g/mol. The Morgan fingerprint density at radius 3 is 1.73 bits per heavy atom. The number of benzene rings is 1. The van der Waals surface area contributed by atoms with E-state index in [1.807, 2.05) is 39.8 Å². The number of hydrogen-bond donors (Lipinski definition) is 0. The first-order valence-electron chi connectivity index (χ1n) is 7.19. The molecule has 1 heterocycles. The standard InChI is InChI=1S/C15H19N5O2/c1-9(2)19-11-7-5-6-8-12(11)20(10(3)4)15(22)13(14(19)21)17-18-16/h5-10,13H,1-4H3. The minimum absolute atomic E-state index is 0.162. The summed E-state index contributed by atoms with van der Waals surface area (Å²) in [6.07, 6.45) is 0. The second-order valence-electron chi connectivity index (χ2n) is 5.70. The van der Waals surface area contributed by atoms with Crippen molar-refractivity contribution in [2.75, 3.05) is 9.80 Å². The van der Waals surface area contributed by atoms with Gasteiger partial charge in [0.25, 0.3) is 0 Å². The number of amides is 2. The van der Waals surface area contributed by atoms with Gasteiger partial charge in [-0.1, -0.05) is 17.2 Å². The first-order valence-corrected chi connectivity index (χ1v) is 7.19. The number of carbonyl (C=O) groups excluding carboxylic acids is 2. The van der Waals surface area contributed by atoms with E-state index >= 15 is 0 Å². The van der Waals surface area contributed by atoms with Crippen LogP contribution < -0.4 is 9.80 Å². The molecule has 1 aromatic carbocycles. The molecule has 0 spiro atoms. The molecule has 7 heteroatoms. The monoisotopic (exact) mass is 301 g/mol. The van der Waals surface area contributed by atoms with Crippen LogP contribution in [0, 0.1) is 0 Å². The third-order valence-electron chi connectivity index (χ3n) is 3.54. The molecule has 0 saturated carbocycles. The molecule has 0 fully saturated rings. The molecule has 0 radical (unpaired) electrons. The summed E-state index contributed by atoms with van der Waals surface area (Å²) >= 11 is 0. The Morgan fingerprint density at radius 2 is 1.41 bits per heavy atom. The van der Waals surface area contributed by atoms with Crippen LogP contribution in [-0.4, -0.2) is 29.9 Å². The fourth-order valence-corrected chi connectivity index (χ4v) is 2.69. The lowest BCUT2D eigenvalue weighted by atomic mass is 10.2. The highest BCUT2D eigenvalue weighted by Crippen LogP contribution is 2.36. The second-order valence-corrected chi connectivity index (χ2v) is 5.70. The minimum Gasteiger partial charge on any atom is -0.307 e. The number of para-hydroxylation sites is 2. The maximum absolute atomic E-state index is 12.7. The Kier molecular flexibility index (Phi) is 4.37. The molecular weight excluding hydrogens is 282 g/mol. The molecule has 2 rings (SSSR count). The van der Waals surface area contributed by atoms with Crippen molar-refractivity contribution in [2.45, 2.75) is 45.8 Å². The van der Waals surface area contributed by atoms with Gasteiger partial charge in [-0.15, -0.1) is 0 Å². The third kappa shape index (κ3) is 2.51. The predicted octanol–water partition coefficient (Wildman–Crippen LogP) is 2.86. The zero-order chi connectivity index (χ0) is 16.4. The average Bonchev–Trinajstić information content (AvgIpc) is 2.53. The van der Waals surface area contributed by atoms with E-state index in [4.69, 9.17) is 5.53 Å². The molecule has 0 aliphatic carbocycles. The van der Waals surface area contributed by atoms with Gasteiger partial charge in [0.2, 0.25) is 11.8 Å². The number of azide groups is 1. The molecule has 0 bridgehead atoms. The summed E-state index contributed by atoms with van der Waals surface area (Å²) in [5.41, 5.74) is 10.0. The lowest BCUT2D eigenvalue weighted by molar-refractivity contribution is -0.128. The molecule has 1 aromatic rings. The van der Waals surface area contributed by atoms with E-state index < -0.39 is 17.9 Å². The molecular formula is C15H19N5O2. The van der Waals surface area contributed by atoms with Crippen molar-refractivity contribution in [1.82, 2.24) is 0 Å². The quantitative estimate of drug-likeness (QED) is 0.372. The SMILES string of the molecule is CC(C)N1C(=O)C(N=[N+]=[N-])C(=O)N(C(C)C)c2ccccc21. The van der Waals surface area contributed by atoms with Crippen molar-refractivity contribution in [1.29, 1.82) is 0 Å². The number of carbonyl (C=O) groups is 2. The number of rotatable bonds is 3. The fourth-order valence-electron chi connectivity index (χ4n) is 2.69. The predicted molar refractivity (Wildman–Crippen MR) is 84.6 cm³/mol. The molecule has 0 atom stereocenters. The van der Waals surface area contributed by atoms with Crippen molar-refractivity contribution in [2.24, 2.45) is 5.11 Å². The van der Waals surface area contributed by atoms with Crippen LogP contribution in [0.15, 0.2) is 29.4 Å². The summed E-state index contributed by atoms with van der Waals surface area (Å²) in [6, 6.07) is 5.54. The molecule has 116 valence electrons. The van der Waals surface area contributed by atoms with Crippen molar-refractivity contribution in [3.8, 4) is 0 Å². The molecule has 0 saturated heterocycles. The fraction of sp³-hybridized carbons (Fsp3) is 0.467. The van der Waals surface area contributed by atoms with E-state index in [0.29, 0.717) is 11.4 Å². The molecule has 1 aliphatic heterocycles. The van der Waals surface area contributed by atoms with E-state index in [9.17, 15) is 9.59 Å². The van der Waals surface area contributed by atoms with Crippen molar-refractivity contribution in [3.05, 3.63) is 34.7 Å². The largest absolute Gasteiger partial charge is 0.307 e. The number of fused-ring (bicyclic) bond motifs is 1. The molecule has 1 aliphatic rings. The first kappa shape index (κ1) is 15.9. The van der Waals surface area contributed by atoms with Crippen molar-refractivity contribution in [3.63, 3.8) is 0 Å². The zero-order valence-electron chi connectivity index (χ0n) is 13.1. The van der Waals surface area contributed by atoms with Gasteiger partial charge in [0.15, 0.2) is 6.04 Å². The summed E-state index contributed by atoms with van der Waals surface area (Å²) in [5, 5.41) is 3.45. The normalized spacial score (nSPS) is 15.9. The van der Waals surface area contributed by atoms with Gasteiger partial charge in [-0.05, 0) is 45.4 Å². The Morgan fingerprint density at radius 1 is 1.00 bits per heavy atom. The Bertz CT molecular complexity index is 602. The number of anilines is 2. The van der Waals surface area contributed by atoms with Gasteiger partial charge in [0, 0.05) is 17.0 Å². The summed E-state index contributed by atoms with van der Waals surface area (Å²) in [6.45, 7) is 7.43. The Hall–Kier alpha value is -2.53.